The van der Waals surface area contributed by atoms with Gasteiger partial charge in [-0.15, -0.1) is 0 Å². The molecule has 0 unspecified atom stereocenters. The van der Waals surface area contributed by atoms with Crippen LogP contribution in [0.15, 0.2) is 47.0 Å². The predicted octanol–water partition coefficient (Wildman–Crippen LogP) is 4.83. The molecule has 8 nitrogen and oxygen atoms in total. The molecule has 5 saturated carbocycles. The normalized spacial score (nSPS) is 40.3. The summed E-state index contributed by atoms with van der Waals surface area (Å²) in [5.74, 6) is 8.17. The number of nitrogens with zero attached hydrogens (tertiary/aromatic N) is 1. The lowest BCUT2D eigenvalue weighted by atomic mass is 9.48. The van der Waals surface area contributed by atoms with E-state index in [4.69, 9.17) is 0 Å². The fourth-order valence-electron chi connectivity index (χ4n) is 12.3. The van der Waals surface area contributed by atoms with Crippen LogP contribution in [0, 0.1) is 52.8 Å². The molecule has 9 rings (SSSR count). The minimum absolute atomic E-state index is 0.0899. The van der Waals surface area contributed by atoms with Gasteiger partial charge in [-0.05, 0) is 105 Å². The van der Waals surface area contributed by atoms with Crippen molar-refractivity contribution in [1.29, 1.82) is 0 Å². The number of rotatable bonds is 7. The maximum Gasteiger partial charge on any atom is 0.191 e. The average molecular weight is 669 g/mol. The molecule has 1 spiro atoms. The lowest BCUT2D eigenvalue weighted by Gasteiger charge is -2.56. The molecule has 0 saturated heterocycles. The van der Waals surface area contributed by atoms with E-state index in [0.29, 0.717) is 25.3 Å². The van der Waals surface area contributed by atoms with Crippen molar-refractivity contribution >= 4 is 16.9 Å². The third-order valence-electron chi connectivity index (χ3n) is 14.2. The van der Waals surface area contributed by atoms with Gasteiger partial charge in [-0.25, -0.2) is 0 Å². The molecule has 5 fully saturated rings. The zero-order valence-electron chi connectivity index (χ0n) is 29.1. The lowest BCUT2D eigenvalue weighted by molar-refractivity contribution is -0.142. The number of fused-ring (bicyclic) bond motifs is 2. The monoisotopic (exact) mass is 668 g/mol. The summed E-state index contributed by atoms with van der Waals surface area (Å²) in [7, 11) is 1.73. The van der Waals surface area contributed by atoms with Crippen molar-refractivity contribution in [2.45, 2.75) is 113 Å². The van der Waals surface area contributed by atoms with Crippen LogP contribution >= 0.6 is 0 Å². The molecule has 4 bridgehead atoms. The van der Waals surface area contributed by atoms with Crippen LogP contribution in [0.25, 0.3) is 10.9 Å². The Bertz CT molecular complexity index is 1620. The second-order valence-electron chi connectivity index (χ2n) is 16.4. The second kappa shape index (κ2) is 13.1. The zero-order valence-corrected chi connectivity index (χ0v) is 29.1. The van der Waals surface area contributed by atoms with E-state index in [1.54, 1.807) is 7.05 Å². The summed E-state index contributed by atoms with van der Waals surface area (Å²) < 4.78 is 0. The standard InChI is InChI=1S/C41H56N4O4/c1-42-38(43-19-8-20-46)45-31-17-15-27-12-7-13-29(22-32-21-26-9-5-6-14-35(26)44-32)39(27)24-30-16-18-33(39)37-34(23-36(47)40(37,48)25-31)41(30,49)28-10-3-2-4-11-28/h5-6,9,13-14,21,27-28,30-31,33-34,36-37,44,46-49H,2-4,7-8,10-12,16,18-20,22-25H2,1H3,(H2,42,43,45)/t27-,30-,31-,33-,34+,36-,37+,39+,40+,41-/m1/s1. The Balaban J connectivity index is 1.27. The molecule has 1 heterocycles. The first-order valence-electron chi connectivity index (χ1n) is 19.3. The molecule has 49 heavy (non-hydrogen) atoms. The number of hydrogen-bond acceptors (Lipinski definition) is 5. The number of aliphatic imine (C=N–C) groups is 1. The number of aliphatic hydroxyl groups is 4. The fraction of sp³-hybridized carbons (Fsp3) is 0.683. The first-order valence-corrected chi connectivity index (χ1v) is 19.3. The van der Waals surface area contributed by atoms with Gasteiger partial charge in [0, 0.05) is 55.6 Å². The molecule has 0 radical (unpaired) electrons. The molecular formula is C41H56N4O4. The summed E-state index contributed by atoms with van der Waals surface area (Å²) in [5, 5.41) is 56.1. The van der Waals surface area contributed by atoms with E-state index in [1.807, 2.05) is 0 Å². The number of aliphatic hydroxyl groups excluding tert-OH is 2. The van der Waals surface area contributed by atoms with Gasteiger partial charge in [-0.1, -0.05) is 61.0 Å². The minimum Gasteiger partial charge on any atom is -0.396 e. The molecule has 8 heteroatoms. The molecule has 2 aromatic rings. The summed E-state index contributed by atoms with van der Waals surface area (Å²) in [6.07, 6.45) is 14.0. The van der Waals surface area contributed by atoms with Crippen LogP contribution in [-0.4, -0.2) is 74.9 Å². The highest BCUT2D eigenvalue weighted by atomic mass is 16.3. The Morgan fingerprint density at radius 1 is 1.00 bits per heavy atom. The summed E-state index contributed by atoms with van der Waals surface area (Å²) >= 11 is 0. The topological polar surface area (TPSA) is 133 Å². The molecule has 7 N–H and O–H groups in total. The number of allylic oxidation sites excluding steroid dienone is 2. The van der Waals surface area contributed by atoms with E-state index >= 15 is 0 Å². The van der Waals surface area contributed by atoms with Gasteiger partial charge in [0.25, 0.3) is 0 Å². The first-order chi connectivity index (χ1) is 23.8. The first kappa shape index (κ1) is 33.3. The number of aromatic amines is 1. The van der Waals surface area contributed by atoms with Gasteiger partial charge < -0.3 is 36.0 Å². The van der Waals surface area contributed by atoms with Crippen molar-refractivity contribution in [2.75, 3.05) is 20.2 Å². The van der Waals surface area contributed by atoms with Crippen LogP contribution in [-0.2, 0) is 6.42 Å². The lowest BCUT2D eigenvalue weighted by Crippen LogP contribution is -2.56. The van der Waals surface area contributed by atoms with E-state index in [0.717, 1.165) is 69.7 Å². The van der Waals surface area contributed by atoms with E-state index in [-0.39, 0.29) is 54.0 Å². The van der Waals surface area contributed by atoms with E-state index in [1.165, 1.54) is 23.1 Å². The van der Waals surface area contributed by atoms with E-state index in [9.17, 15) is 20.4 Å². The number of para-hydroxylation sites is 1. The number of guanidine groups is 1. The Morgan fingerprint density at radius 2 is 1.84 bits per heavy atom. The summed E-state index contributed by atoms with van der Waals surface area (Å²) in [4.78, 5) is 8.16. The van der Waals surface area contributed by atoms with Gasteiger partial charge in [-0.2, -0.15) is 0 Å². The quantitative estimate of drug-likeness (QED) is 0.0744. The van der Waals surface area contributed by atoms with E-state index < -0.39 is 23.3 Å². The Morgan fingerprint density at radius 3 is 2.63 bits per heavy atom. The van der Waals surface area contributed by atoms with Crippen molar-refractivity contribution in [1.82, 2.24) is 15.6 Å². The predicted molar refractivity (Wildman–Crippen MR) is 193 cm³/mol. The number of benzene rings is 1. The molecule has 7 aliphatic rings. The maximum absolute atomic E-state index is 13.5. The SMILES string of the molecule is CN=C(NCCCO)N[C@@H]1C#C[C@H]2CCC=C(Cc3cc4ccccc4[nH]3)[C@]23C[C@H]2CC[C@@H]3[C@H]3[C@H](C[C@@H](O)[C@@]3(O)C1)[C@@]2(O)C1CCCCC1. The smallest absolute Gasteiger partial charge is 0.191 e. The van der Waals surface area contributed by atoms with Crippen molar-refractivity contribution < 1.29 is 20.4 Å². The van der Waals surface area contributed by atoms with Gasteiger partial charge in [0.1, 0.15) is 0 Å². The summed E-state index contributed by atoms with van der Waals surface area (Å²) in [6, 6.07) is 10.3. The van der Waals surface area contributed by atoms with Gasteiger partial charge in [-0.3, -0.25) is 4.99 Å². The Hall–Kier alpha value is -2.83. The Labute approximate surface area is 291 Å². The molecule has 7 aliphatic carbocycles. The molecule has 1 aromatic carbocycles. The van der Waals surface area contributed by atoms with Gasteiger partial charge >= 0.3 is 0 Å². The van der Waals surface area contributed by atoms with Crippen molar-refractivity contribution in [3.63, 3.8) is 0 Å². The van der Waals surface area contributed by atoms with Crippen LogP contribution in [0.3, 0.4) is 0 Å². The highest BCUT2D eigenvalue weighted by Gasteiger charge is 2.72. The third-order valence-corrected chi connectivity index (χ3v) is 14.2. The second-order valence-corrected chi connectivity index (χ2v) is 16.4. The molecule has 264 valence electrons. The van der Waals surface area contributed by atoms with Crippen molar-refractivity contribution in [3.8, 4) is 11.8 Å². The highest BCUT2D eigenvalue weighted by molar-refractivity contribution is 5.81. The number of H-pyrrole nitrogens is 1. The molecule has 1 aromatic heterocycles. The van der Waals surface area contributed by atoms with Crippen LogP contribution in [0.5, 0.6) is 0 Å². The summed E-state index contributed by atoms with van der Waals surface area (Å²) in [6.45, 7) is 0.659. The number of hydrogen-bond donors (Lipinski definition) is 7. The van der Waals surface area contributed by atoms with E-state index in [2.05, 4.69) is 68.9 Å². The Kier molecular flexibility index (Phi) is 8.88. The molecule has 10 atom stereocenters. The minimum atomic E-state index is -1.40. The molecular weight excluding hydrogens is 612 g/mol. The summed E-state index contributed by atoms with van der Waals surface area (Å²) in [5.41, 5.74) is 1.16. The largest absolute Gasteiger partial charge is 0.396 e. The molecule has 0 aliphatic heterocycles. The third kappa shape index (κ3) is 5.37. The van der Waals surface area contributed by atoms with Crippen LogP contribution in [0.1, 0.15) is 89.2 Å². The van der Waals surface area contributed by atoms with Gasteiger partial charge in [0.15, 0.2) is 5.96 Å². The molecule has 0 amide bonds. The van der Waals surface area contributed by atoms with Crippen molar-refractivity contribution in [2.24, 2.45) is 45.9 Å². The van der Waals surface area contributed by atoms with Gasteiger partial charge in [0.05, 0.1) is 23.3 Å². The van der Waals surface area contributed by atoms with Crippen LogP contribution in [0.4, 0.5) is 0 Å². The maximum atomic E-state index is 13.5. The van der Waals surface area contributed by atoms with Crippen LogP contribution in [0.2, 0.25) is 0 Å². The fourth-order valence-corrected chi connectivity index (χ4v) is 12.3. The zero-order chi connectivity index (χ0) is 33.8. The van der Waals surface area contributed by atoms with Crippen molar-refractivity contribution in [3.05, 3.63) is 47.7 Å². The van der Waals surface area contributed by atoms with Gasteiger partial charge in [0.2, 0.25) is 0 Å². The number of nitrogens with one attached hydrogen (secondary N) is 3. The number of aromatic nitrogens is 1. The highest BCUT2D eigenvalue weighted by Crippen LogP contribution is 2.71. The average Bonchev–Trinajstić information content (AvgIpc) is 3.59. The van der Waals surface area contributed by atoms with Crippen LogP contribution < -0.4 is 10.6 Å².